The molecule has 1 amide bonds. The minimum Gasteiger partial charge on any atom is -0.478 e. The van der Waals surface area contributed by atoms with Gasteiger partial charge in [-0.25, -0.2) is 4.79 Å². The van der Waals surface area contributed by atoms with Gasteiger partial charge in [0.2, 0.25) is 0 Å². The van der Waals surface area contributed by atoms with Gasteiger partial charge in [0.15, 0.2) is 5.60 Å². The average Bonchev–Trinajstić information content (AvgIpc) is 2.34. The molecule has 0 aliphatic carbocycles. The largest absolute Gasteiger partial charge is 0.478 e. The zero-order chi connectivity index (χ0) is 15.1. The van der Waals surface area contributed by atoms with Gasteiger partial charge in [0.1, 0.15) is 5.75 Å². The number of aliphatic carboxylic acids is 1. The molecule has 0 atom stereocenters. The van der Waals surface area contributed by atoms with E-state index in [0.29, 0.717) is 17.0 Å². The van der Waals surface area contributed by atoms with Crippen LogP contribution in [0, 0.1) is 0 Å². The monoisotopic (exact) mass is 275 g/mol. The fourth-order valence-electron chi connectivity index (χ4n) is 2.21. The van der Waals surface area contributed by atoms with Crippen LogP contribution in [0.5, 0.6) is 5.75 Å². The first-order chi connectivity index (χ1) is 9.22. The molecule has 0 fully saturated rings. The molecule has 1 N–H and O–H groups in total. The predicted molar refractivity (Wildman–Crippen MR) is 75.8 cm³/mol. The highest BCUT2D eigenvalue weighted by atomic mass is 16.5. The minimum atomic E-state index is -0.998. The summed E-state index contributed by atoms with van der Waals surface area (Å²) in [4.78, 5) is 24.4. The summed E-state index contributed by atoms with van der Waals surface area (Å²) >= 11 is 0. The summed E-state index contributed by atoms with van der Waals surface area (Å²) in [5.41, 5.74) is 1.11. The molecule has 106 valence electrons. The van der Waals surface area contributed by atoms with Crippen molar-refractivity contribution in [3.05, 3.63) is 29.8 Å². The molecule has 0 bridgehead atoms. The maximum absolute atomic E-state index is 12.2. The summed E-state index contributed by atoms with van der Waals surface area (Å²) in [5.74, 6) is -0.520. The van der Waals surface area contributed by atoms with E-state index >= 15 is 0 Å². The van der Waals surface area contributed by atoms with Crippen molar-refractivity contribution in [1.29, 1.82) is 0 Å². The second kappa shape index (κ2) is 4.67. The van der Waals surface area contributed by atoms with Crippen LogP contribution in [0.3, 0.4) is 0 Å². The minimum absolute atomic E-state index is 0.137. The maximum Gasteiger partial charge on any atom is 0.328 e. The Morgan fingerprint density at radius 3 is 2.65 bits per heavy atom. The van der Waals surface area contributed by atoms with Gasteiger partial charge < -0.3 is 14.7 Å². The van der Waals surface area contributed by atoms with E-state index in [-0.39, 0.29) is 5.91 Å². The summed E-state index contributed by atoms with van der Waals surface area (Å²) < 4.78 is 5.69. The average molecular weight is 275 g/mol. The molecule has 0 saturated heterocycles. The Morgan fingerprint density at radius 2 is 2.05 bits per heavy atom. The van der Waals surface area contributed by atoms with Crippen LogP contribution in [0.1, 0.15) is 26.3 Å². The standard InChI is InChI=1S/C15H17NO4/c1-9(7-13(17)18)10-5-6-12-11(8-10)16(4)14(19)15(2,3)20-12/h5-8H,1-4H3,(H,17,18)/b9-7+. The molecule has 0 radical (unpaired) electrons. The highest BCUT2D eigenvalue weighted by Gasteiger charge is 2.39. The second-order valence-corrected chi connectivity index (χ2v) is 5.32. The van der Waals surface area contributed by atoms with E-state index in [9.17, 15) is 9.59 Å². The van der Waals surface area contributed by atoms with Crippen LogP contribution < -0.4 is 9.64 Å². The number of amides is 1. The number of carboxylic acid groups (broad SMARTS) is 1. The smallest absolute Gasteiger partial charge is 0.328 e. The fraction of sp³-hybridized carbons (Fsp3) is 0.333. The first-order valence-electron chi connectivity index (χ1n) is 6.25. The molecule has 20 heavy (non-hydrogen) atoms. The first kappa shape index (κ1) is 14.1. The summed E-state index contributed by atoms with van der Waals surface area (Å²) in [6, 6.07) is 5.30. The maximum atomic E-state index is 12.2. The molecule has 1 heterocycles. The summed E-state index contributed by atoms with van der Waals surface area (Å²) in [6.07, 6.45) is 1.14. The predicted octanol–water partition coefficient (Wildman–Crippen LogP) is 2.31. The van der Waals surface area contributed by atoms with E-state index in [1.807, 2.05) is 0 Å². The summed E-state index contributed by atoms with van der Waals surface area (Å²) in [6.45, 7) is 5.15. The number of nitrogens with zero attached hydrogens (tertiary/aromatic N) is 1. The Hall–Kier alpha value is -2.30. The van der Waals surface area contributed by atoms with E-state index in [4.69, 9.17) is 9.84 Å². The number of fused-ring (bicyclic) bond motifs is 1. The van der Waals surface area contributed by atoms with Crippen LogP contribution in [-0.2, 0) is 9.59 Å². The van der Waals surface area contributed by atoms with Gasteiger partial charge in [-0.1, -0.05) is 6.07 Å². The van der Waals surface area contributed by atoms with Gasteiger partial charge >= 0.3 is 5.97 Å². The van der Waals surface area contributed by atoms with Gasteiger partial charge in [-0.15, -0.1) is 0 Å². The number of benzene rings is 1. The molecule has 0 unspecified atom stereocenters. The van der Waals surface area contributed by atoms with Crippen molar-refractivity contribution in [2.45, 2.75) is 26.4 Å². The second-order valence-electron chi connectivity index (χ2n) is 5.32. The van der Waals surface area contributed by atoms with Crippen molar-refractivity contribution in [3.8, 4) is 5.75 Å². The quantitative estimate of drug-likeness (QED) is 0.841. The van der Waals surface area contributed by atoms with Gasteiger partial charge in [-0.2, -0.15) is 0 Å². The number of rotatable bonds is 2. The lowest BCUT2D eigenvalue weighted by Gasteiger charge is -2.37. The fourth-order valence-corrected chi connectivity index (χ4v) is 2.21. The third-order valence-corrected chi connectivity index (χ3v) is 3.30. The number of carbonyl (C=O) groups excluding carboxylic acids is 1. The van der Waals surface area contributed by atoms with Crippen molar-refractivity contribution in [3.63, 3.8) is 0 Å². The van der Waals surface area contributed by atoms with Crippen LogP contribution in [0.4, 0.5) is 5.69 Å². The van der Waals surface area contributed by atoms with E-state index in [1.165, 1.54) is 4.90 Å². The highest BCUT2D eigenvalue weighted by Crippen LogP contribution is 2.38. The molecule has 2 rings (SSSR count). The molecule has 1 aromatic rings. The molecule has 5 nitrogen and oxygen atoms in total. The molecule has 0 aromatic heterocycles. The Balaban J connectivity index is 2.48. The number of hydrogen-bond acceptors (Lipinski definition) is 3. The van der Waals surface area contributed by atoms with Crippen LogP contribution in [-0.4, -0.2) is 29.6 Å². The zero-order valence-corrected chi connectivity index (χ0v) is 11.9. The topological polar surface area (TPSA) is 66.8 Å². The van der Waals surface area contributed by atoms with E-state index in [0.717, 1.165) is 11.6 Å². The van der Waals surface area contributed by atoms with E-state index in [2.05, 4.69) is 0 Å². The van der Waals surface area contributed by atoms with Crippen molar-refractivity contribution in [2.75, 3.05) is 11.9 Å². The normalized spacial score (nSPS) is 17.5. The van der Waals surface area contributed by atoms with Crippen LogP contribution >= 0.6 is 0 Å². The summed E-state index contributed by atoms with van der Waals surface area (Å²) in [7, 11) is 1.69. The van der Waals surface area contributed by atoms with Gasteiger partial charge in [0.05, 0.1) is 5.69 Å². The third-order valence-electron chi connectivity index (χ3n) is 3.30. The van der Waals surface area contributed by atoms with Gasteiger partial charge in [0, 0.05) is 13.1 Å². The van der Waals surface area contributed by atoms with E-state index < -0.39 is 11.6 Å². The number of likely N-dealkylation sites (N-methyl/N-ethyl adjacent to an activating group) is 1. The molecule has 5 heteroatoms. The lowest BCUT2D eigenvalue weighted by atomic mass is 10.0. The molecule has 1 aliphatic rings. The third kappa shape index (κ3) is 2.39. The lowest BCUT2D eigenvalue weighted by molar-refractivity contribution is -0.132. The molecular weight excluding hydrogens is 258 g/mol. The molecular formula is C15H17NO4. The summed E-state index contributed by atoms with van der Waals surface area (Å²) in [5, 5.41) is 8.78. The van der Waals surface area contributed by atoms with Crippen LogP contribution in [0.25, 0.3) is 5.57 Å². The first-order valence-corrected chi connectivity index (χ1v) is 6.25. The molecule has 1 aromatic carbocycles. The SMILES string of the molecule is C/C(=C\C(=O)O)c1ccc2c(c1)N(C)C(=O)C(C)(C)O2. The molecule has 1 aliphatic heterocycles. The Labute approximate surface area is 117 Å². The van der Waals surface area contributed by atoms with Crippen LogP contribution in [0.15, 0.2) is 24.3 Å². The van der Waals surface area contributed by atoms with Crippen molar-refractivity contribution in [2.24, 2.45) is 0 Å². The highest BCUT2D eigenvalue weighted by molar-refractivity contribution is 6.02. The van der Waals surface area contributed by atoms with Crippen molar-refractivity contribution >= 4 is 23.1 Å². The number of carboxylic acids is 1. The van der Waals surface area contributed by atoms with Crippen molar-refractivity contribution in [1.82, 2.24) is 0 Å². The molecule has 0 spiro atoms. The Kier molecular flexibility index (Phi) is 3.29. The number of anilines is 1. The van der Waals surface area contributed by atoms with Gasteiger partial charge in [0.25, 0.3) is 5.91 Å². The number of ether oxygens (including phenoxy) is 1. The number of hydrogen-bond donors (Lipinski definition) is 1. The van der Waals surface area contributed by atoms with E-state index in [1.54, 1.807) is 46.0 Å². The van der Waals surface area contributed by atoms with Crippen molar-refractivity contribution < 1.29 is 19.4 Å². The number of allylic oxidation sites excluding steroid dienone is 1. The number of carbonyl (C=O) groups is 2. The van der Waals surface area contributed by atoms with Gasteiger partial charge in [-0.05, 0) is 44.0 Å². The lowest BCUT2D eigenvalue weighted by Crippen LogP contribution is -2.50. The van der Waals surface area contributed by atoms with Gasteiger partial charge in [-0.3, -0.25) is 4.79 Å². The molecule has 0 saturated carbocycles. The Bertz CT molecular complexity index is 616. The zero-order valence-electron chi connectivity index (χ0n) is 11.9. The Morgan fingerprint density at radius 1 is 1.40 bits per heavy atom. The van der Waals surface area contributed by atoms with Crippen LogP contribution in [0.2, 0.25) is 0 Å².